The number of ketones is 1. The van der Waals surface area contributed by atoms with Crippen molar-refractivity contribution in [3.63, 3.8) is 0 Å². The molecule has 0 spiro atoms. The molecule has 2 rings (SSSR count). The summed E-state index contributed by atoms with van der Waals surface area (Å²) in [6.07, 6.45) is 1.34. The van der Waals surface area contributed by atoms with Gasteiger partial charge in [-0.2, -0.15) is 4.39 Å². The van der Waals surface area contributed by atoms with Gasteiger partial charge in [-0.05, 0) is 40.7 Å². The van der Waals surface area contributed by atoms with Gasteiger partial charge in [0.05, 0.1) is 16.8 Å². The number of carbonyl (C=O) groups is 1. The van der Waals surface area contributed by atoms with Gasteiger partial charge in [0.25, 0.3) is 0 Å². The molecule has 6 heteroatoms. The molecule has 0 unspecified atom stereocenters. The highest BCUT2D eigenvalue weighted by atomic mass is 19.1. The van der Waals surface area contributed by atoms with Crippen molar-refractivity contribution in [3.8, 4) is 0 Å². The van der Waals surface area contributed by atoms with Crippen molar-refractivity contribution in [2.24, 2.45) is 0 Å². The van der Waals surface area contributed by atoms with Gasteiger partial charge in [0.2, 0.25) is 5.95 Å². The molecule has 4 nitrogen and oxygen atoms in total. The fraction of sp³-hybridized carbons (Fsp3) is 0.538. The molecule has 1 aliphatic rings. The van der Waals surface area contributed by atoms with Crippen molar-refractivity contribution in [2.75, 3.05) is 0 Å². The van der Waals surface area contributed by atoms with Crippen LogP contribution in [-0.2, 0) is 9.31 Å². The molecule has 0 atom stereocenters. The molecule has 0 N–H and O–H groups in total. The summed E-state index contributed by atoms with van der Waals surface area (Å²) in [5, 5.41) is 0. The van der Waals surface area contributed by atoms with Crippen molar-refractivity contribution < 1.29 is 18.5 Å². The summed E-state index contributed by atoms with van der Waals surface area (Å²) in [7, 11) is -0.642. The third-order valence-electron chi connectivity index (χ3n) is 3.76. The van der Waals surface area contributed by atoms with E-state index >= 15 is 0 Å². The maximum absolute atomic E-state index is 13.4. The zero-order valence-corrected chi connectivity index (χ0v) is 11.8. The van der Waals surface area contributed by atoms with Crippen molar-refractivity contribution >= 4 is 18.4 Å². The van der Waals surface area contributed by atoms with Crippen LogP contribution in [0.2, 0.25) is 0 Å². The molecule has 102 valence electrons. The zero-order chi connectivity index (χ0) is 14.4. The first-order chi connectivity index (χ1) is 8.64. The lowest BCUT2D eigenvalue weighted by atomic mass is 9.79. The molecule has 0 aromatic carbocycles. The Labute approximate surface area is 112 Å². The van der Waals surface area contributed by atoms with Crippen LogP contribution in [-0.4, -0.2) is 29.1 Å². The third-order valence-corrected chi connectivity index (χ3v) is 3.76. The van der Waals surface area contributed by atoms with E-state index in [-0.39, 0.29) is 11.3 Å². The van der Waals surface area contributed by atoms with Gasteiger partial charge >= 0.3 is 7.12 Å². The molecule has 2 heterocycles. The number of Topliss-reactive ketones (excluding diaryl/α,β-unsaturated/α-hetero) is 1. The minimum Gasteiger partial charge on any atom is -0.399 e. The molecular formula is C13H17BFNO3. The molecule has 0 bridgehead atoms. The third kappa shape index (κ3) is 2.42. The maximum atomic E-state index is 13.4. The molecule has 1 aromatic rings. The first kappa shape index (κ1) is 14.2. The summed E-state index contributed by atoms with van der Waals surface area (Å²) in [4.78, 5) is 14.9. The minimum absolute atomic E-state index is 0.0489. The van der Waals surface area contributed by atoms with Crippen LogP contribution in [0.1, 0.15) is 45.0 Å². The Morgan fingerprint density at radius 1 is 1.26 bits per heavy atom. The average molecular weight is 265 g/mol. The zero-order valence-electron chi connectivity index (χ0n) is 11.8. The Balaban J connectivity index is 2.35. The molecule has 19 heavy (non-hydrogen) atoms. The first-order valence-electron chi connectivity index (χ1n) is 6.16. The molecule has 1 aromatic heterocycles. The molecule has 0 aliphatic carbocycles. The number of rotatable bonds is 2. The van der Waals surface area contributed by atoms with Crippen LogP contribution in [0, 0.1) is 5.95 Å². The van der Waals surface area contributed by atoms with Crippen molar-refractivity contribution in [2.45, 2.75) is 45.8 Å². The fourth-order valence-electron chi connectivity index (χ4n) is 1.82. The van der Waals surface area contributed by atoms with E-state index in [1.54, 1.807) is 0 Å². The average Bonchev–Trinajstić information content (AvgIpc) is 2.48. The Bertz CT molecular complexity index is 515. The highest BCUT2D eigenvalue weighted by molar-refractivity contribution is 6.62. The van der Waals surface area contributed by atoms with Crippen LogP contribution < -0.4 is 5.46 Å². The Morgan fingerprint density at radius 3 is 2.26 bits per heavy atom. The standard InChI is InChI=1S/C13H17BFNO3/c1-8(17)10-6-9(7-16-11(10)15)14-18-12(2,3)13(4,5)19-14/h6-7H,1-5H3. The number of halogens is 1. The number of nitrogens with zero attached hydrogens (tertiary/aromatic N) is 1. The first-order valence-corrected chi connectivity index (χ1v) is 6.16. The van der Waals surface area contributed by atoms with Crippen molar-refractivity contribution in [3.05, 3.63) is 23.8 Å². The second-order valence-electron chi connectivity index (χ2n) is 5.75. The quantitative estimate of drug-likeness (QED) is 0.464. The van der Waals surface area contributed by atoms with E-state index in [9.17, 15) is 9.18 Å². The number of hydrogen-bond acceptors (Lipinski definition) is 4. The normalized spacial score (nSPS) is 20.6. The lowest BCUT2D eigenvalue weighted by molar-refractivity contribution is 0.00578. The molecule has 0 radical (unpaired) electrons. The largest absolute Gasteiger partial charge is 0.496 e. The van der Waals surface area contributed by atoms with Crippen LogP contribution >= 0.6 is 0 Å². The lowest BCUT2D eigenvalue weighted by Gasteiger charge is -2.32. The van der Waals surface area contributed by atoms with Gasteiger partial charge in [0, 0.05) is 11.7 Å². The predicted molar refractivity (Wildman–Crippen MR) is 69.9 cm³/mol. The second-order valence-corrected chi connectivity index (χ2v) is 5.75. The van der Waals surface area contributed by atoms with E-state index in [1.165, 1.54) is 19.2 Å². The summed E-state index contributed by atoms with van der Waals surface area (Å²) >= 11 is 0. The monoisotopic (exact) mass is 265 g/mol. The van der Waals surface area contributed by atoms with Crippen molar-refractivity contribution in [1.29, 1.82) is 0 Å². The molecule has 0 saturated carbocycles. The molecule has 0 amide bonds. The van der Waals surface area contributed by atoms with E-state index in [1.807, 2.05) is 27.7 Å². The van der Waals surface area contributed by atoms with Gasteiger partial charge in [0.1, 0.15) is 0 Å². The smallest absolute Gasteiger partial charge is 0.399 e. The van der Waals surface area contributed by atoms with Crippen LogP contribution in [0.3, 0.4) is 0 Å². The number of pyridine rings is 1. The van der Waals surface area contributed by atoms with Crippen molar-refractivity contribution in [1.82, 2.24) is 4.98 Å². The van der Waals surface area contributed by atoms with Gasteiger partial charge < -0.3 is 9.31 Å². The number of aromatic nitrogens is 1. The van der Waals surface area contributed by atoms with Crippen LogP contribution in [0.5, 0.6) is 0 Å². The van der Waals surface area contributed by atoms with Gasteiger partial charge in [0.15, 0.2) is 5.78 Å². The van der Waals surface area contributed by atoms with E-state index in [4.69, 9.17) is 9.31 Å². The Kier molecular flexibility index (Phi) is 3.27. The van der Waals surface area contributed by atoms with Crippen LogP contribution in [0.15, 0.2) is 12.3 Å². The summed E-state index contributed by atoms with van der Waals surface area (Å²) in [6.45, 7) is 9.01. The summed E-state index contributed by atoms with van der Waals surface area (Å²) in [5.41, 5.74) is -0.470. The maximum Gasteiger partial charge on any atom is 0.496 e. The van der Waals surface area contributed by atoms with E-state index in [0.717, 1.165) is 0 Å². The number of carbonyl (C=O) groups excluding carboxylic acids is 1. The topological polar surface area (TPSA) is 48.4 Å². The Hall–Kier alpha value is -1.27. The molecule has 1 saturated heterocycles. The van der Waals surface area contributed by atoms with E-state index in [0.29, 0.717) is 5.46 Å². The second kappa shape index (κ2) is 4.39. The highest BCUT2D eigenvalue weighted by Crippen LogP contribution is 2.36. The van der Waals surface area contributed by atoms with E-state index < -0.39 is 24.3 Å². The highest BCUT2D eigenvalue weighted by Gasteiger charge is 2.51. The van der Waals surface area contributed by atoms with Gasteiger partial charge in [-0.25, -0.2) is 4.98 Å². The van der Waals surface area contributed by atoms with Crippen LogP contribution in [0.4, 0.5) is 4.39 Å². The minimum atomic E-state index is -0.771. The Morgan fingerprint density at radius 2 is 1.79 bits per heavy atom. The fourth-order valence-corrected chi connectivity index (χ4v) is 1.82. The van der Waals surface area contributed by atoms with Gasteiger partial charge in [-0.1, -0.05) is 0 Å². The SMILES string of the molecule is CC(=O)c1cc(B2OC(C)(C)C(C)(C)O2)cnc1F. The lowest BCUT2D eigenvalue weighted by Crippen LogP contribution is -2.41. The summed E-state index contributed by atoms with van der Waals surface area (Å²) in [6, 6.07) is 1.44. The molecule has 1 aliphatic heterocycles. The molecular weight excluding hydrogens is 248 g/mol. The molecule has 1 fully saturated rings. The van der Waals surface area contributed by atoms with E-state index in [2.05, 4.69) is 4.98 Å². The van der Waals surface area contributed by atoms with Gasteiger partial charge in [-0.3, -0.25) is 4.79 Å². The van der Waals surface area contributed by atoms with Crippen LogP contribution in [0.25, 0.3) is 0 Å². The predicted octanol–water partition coefficient (Wildman–Crippen LogP) is 1.72. The summed E-state index contributed by atoms with van der Waals surface area (Å²) in [5.74, 6) is -1.14. The number of hydrogen-bond donors (Lipinski definition) is 0. The van der Waals surface area contributed by atoms with Gasteiger partial charge in [-0.15, -0.1) is 0 Å². The summed E-state index contributed by atoms with van der Waals surface area (Å²) < 4.78 is 25.1.